The number of hydrogen-bond donors (Lipinski definition) is 2. The molecule has 25 heavy (non-hydrogen) atoms. The smallest absolute Gasteiger partial charge is 0.290 e. The Labute approximate surface area is 160 Å². The van der Waals surface area contributed by atoms with Crippen LogP contribution in [0.4, 0.5) is 9.93 Å². The summed E-state index contributed by atoms with van der Waals surface area (Å²) >= 11 is 13.9. The van der Waals surface area contributed by atoms with E-state index < -0.39 is 17.1 Å². The Morgan fingerprint density at radius 1 is 1.28 bits per heavy atom. The van der Waals surface area contributed by atoms with E-state index in [9.17, 15) is 14.4 Å². The molecule has 10 heteroatoms. The van der Waals surface area contributed by atoms with Crippen LogP contribution in [0.2, 0.25) is 10.0 Å². The van der Waals surface area contributed by atoms with Gasteiger partial charge in [-0.3, -0.25) is 25.0 Å². The predicted octanol–water partition coefficient (Wildman–Crippen LogP) is 3.85. The Morgan fingerprint density at radius 2 is 2.08 bits per heavy atom. The van der Waals surface area contributed by atoms with Crippen molar-refractivity contribution in [1.82, 2.24) is 10.3 Å². The Balaban J connectivity index is 1.64. The van der Waals surface area contributed by atoms with E-state index in [1.54, 1.807) is 18.3 Å². The molecular weight excluding hydrogens is 405 g/mol. The van der Waals surface area contributed by atoms with Gasteiger partial charge in [-0.2, -0.15) is 0 Å². The number of carbonyl (C=O) groups excluding carboxylic acids is 3. The number of imide groups is 1. The van der Waals surface area contributed by atoms with E-state index in [0.29, 0.717) is 33.4 Å². The standard InChI is InChI=1S/C15H9Cl2N3O3S2/c16-9-2-1-7(4-10(9)17)3-8-6-18-14(24-8)19-12(21)5-11-13(22)20-15(23)25-11/h1-2,4-6H,3H2,(H,18,19,21)(H,20,22,23)/b11-5-. The lowest BCUT2D eigenvalue weighted by atomic mass is 10.1. The summed E-state index contributed by atoms with van der Waals surface area (Å²) in [6.07, 6.45) is 3.32. The van der Waals surface area contributed by atoms with Crippen LogP contribution in [0.15, 0.2) is 35.4 Å². The molecule has 0 saturated carbocycles. The minimum atomic E-state index is -0.579. The maximum Gasteiger partial charge on any atom is 0.290 e. The van der Waals surface area contributed by atoms with Crippen molar-refractivity contribution in [1.29, 1.82) is 0 Å². The second-order valence-corrected chi connectivity index (χ2v) is 7.84. The first kappa shape index (κ1) is 17.9. The van der Waals surface area contributed by atoms with Crippen LogP contribution in [0.3, 0.4) is 0 Å². The van der Waals surface area contributed by atoms with E-state index in [1.807, 2.05) is 6.07 Å². The van der Waals surface area contributed by atoms with Crippen LogP contribution >= 0.6 is 46.3 Å². The molecule has 3 rings (SSSR count). The molecule has 0 unspecified atom stereocenters. The monoisotopic (exact) mass is 413 g/mol. The van der Waals surface area contributed by atoms with Gasteiger partial charge in [0.2, 0.25) is 0 Å². The third-order valence-electron chi connectivity index (χ3n) is 3.05. The van der Waals surface area contributed by atoms with Crippen molar-refractivity contribution in [3.8, 4) is 0 Å². The zero-order valence-corrected chi connectivity index (χ0v) is 15.5. The molecule has 0 bridgehead atoms. The average Bonchev–Trinajstić information content (AvgIpc) is 3.09. The van der Waals surface area contributed by atoms with Crippen molar-refractivity contribution in [2.24, 2.45) is 0 Å². The normalized spacial score (nSPS) is 15.5. The number of nitrogens with zero attached hydrogens (tertiary/aromatic N) is 1. The second-order valence-electron chi connectivity index (χ2n) is 4.90. The summed E-state index contributed by atoms with van der Waals surface area (Å²) in [7, 11) is 0. The molecule has 0 radical (unpaired) electrons. The van der Waals surface area contributed by atoms with Crippen LogP contribution < -0.4 is 10.6 Å². The van der Waals surface area contributed by atoms with Crippen molar-refractivity contribution in [3.05, 3.63) is 55.9 Å². The largest absolute Gasteiger partial charge is 0.298 e. The fraction of sp³-hybridized carbons (Fsp3) is 0.0667. The molecular formula is C15H9Cl2N3O3S2. The second kappa shape index (κ2) is 7.57. The molecule has 1 saturated heterocycles. The van der Waals surface area contributed by atoms with Crippen LogP contribution in [0.5, 0.6) is 0 Å². The van der Waals surface area contributed by atoms with Gasteiger partial charge in [-0.15, -0.1) is 11.3 Å². The van der Waals surface area contributed by atoms with Crippen molar-refractivity contribution < 1.29 is 14.4 Å². The van der Waals surface area contributed by atoms with E-state index in [0.717, 1.165) is 16.5 Å². The molecule has 1 aliphatic heterocycles. The summed E-state index contributed by atoms with van der Waals surface area (Å²) in [6.45, 7) is 0. The fourth-order valence-corrected chi connectivity index (χ4v) is 3.80. The van der Waals surface area contributed by atoms with Gasteiger partial charge < -0.3 is 0 Å². The number of aromatic nitrogens is 1. The minimum absolute atomic E-state index is 0.0510. The molecule has 1 fully saturated rings. The highest BCUT2D eigenvalue weighted by Crippen LogP contribution is 2.27. The number of thiazole rings is 1. The van der Waals surface area contributed by atoms with Gasteiger partial charge in [0.1, 0.15) is 0 Å². The van der Waals surface area contributed by atoms with E-state index in [-0.39, 0.29) is 4.91 Å². The summed E-state index contributed by atoms with van der Waals surface area (Å²) in [6, 6.07) is 5.36. The Morgan fingerprint density at radius 3 is 2.76 bits per heavy atom. The summed E-state index contributed by atoms with van der Waals surface area (Å²) in [5.74, 6) is -1.10. The molecule has 6 nitrogen and oxygen atoms in total. The highest BCUT2D eigenvalue weighted by Gasteiger charge is 2.26. The molecule has 128 valence electrons. The average molecular weight is 414 g/mol. The van der Waals surface area contributed by atoms with Gasteiger partial charge in [-0.05, 0) is 29.5 Å². The van der Waals surface area contributed by atoms with Gasteiger partial charge in [0, 0.05) is 23.6 Å². The summed E-state index contributed by atoms with van der Waals surface area (Å²) < 4.78 is 0. The first-order chi connectivity index (χ1) is 11.9. The molecule has 1 aromatic carbocycles. The minimum Gasteiger partial charge on any atom is -0.298 e. The first-order valence-corrected chi connectivity index (χ1v) is 9.24. The molecule has 2 N–H and O–H groups in total. The molecule has 3 amide bonds. The van der Waals surface area contributed by atoms with Crippen molar-refractivity contribution in [3.63, 3.8) is 0 Å². The van der Waals surface area contributed by atoms with Crippen LogP contribution in [0.1, 0.15) is 10.4 Å². The van der Waals surface area contributed by atoms with Gasteiger partial charge in [-0.25, -0.2) is 4.98 Å². The van der Waals surface area contributed by atoms with Crippen LogP contribution in [0, 0.1) is 0 Å². The number of hydrogen-bond acceptors (Lipinski definition) is 6. The topological polar surface area (TPSA) is 88.2 Å². The molecule has 0 aliphatic carbocycles. The predicted molar refractivity (Wildman–Crippen MR) is 99.2 cm³/mol. The quantitative estimate of drug-likeness (QED) is 0.743. The van der Waals surface area contributed by atoms with E-state index >= 15 is 0 Å². The molecule has 1 aromatic heterocycles. The van der Waals surface area contributed by atoms with Gasteiger partial charge in [0.15, 0.2) is 5.13 Å². The molecule has 2 heterocycles. The zero-order chi connectivity index (χ0) is 18.0. The van der Waals surface area contributed by atoms with Gasteiger partial charge in [0.25, 0.3) is 17.1 Å². The molecule has 0 atom stereocenters. The SMILES string of the molecule is O=C(/C=C1\SC(=O)NC1=O)Nc1ncc(Cc2ccc(Cl)c(Cl)c2)s1. The lowest BCUT2D eigenvalue weighted by Gasteiger charge is -2.01. The Kier molecular flexibility index (Phi) is 5.43. The maximum atomic E-state index is 11.9. The van der Waals surface area contributed by atoms with Crippen LogP contribution in [0.25, 0.3) is 0 Å². The zero-order valence-electron chi connectivity index (χ0n) is 12.3. The van der Waals surface area contributed by atoms with E-state index in [1.165, 1.54) is 11.3 Å². The number of benzene rings is 1. The molecule has 2 aromatic rings. The first-order valence-electron chi connectivity index (χ1n) is 6.85. The third kappa shape index (κ3) is 4.60. The highest BCUT2D eigenvalue weighted by atomic mass is 35.5. The third-order valence-corrected chi connectivity index (χ3v) is 5.51. The number of halogens is 2. The van der Waals surface area contributed by atoms with Crippen molar-refractivity contribution in [2.45, 2.75) is 6.42 Å². The summed E-state index contributed by atoms with van der Waals surface area (Å²) in [4.78, 5) is 39.5. The number of nitrogens with one attached hydrogen (secondary N) is 2. The van der Waals surface area contributed by atoms with Crippen molar-refractivity contribution in [2.75, 3.05) is 5.32 Å². The van der Waals surface area contributed by atoms with E-state index in [4.69, 9.17) is 23.2 Å². The van der Waals surface area contributed by atoms with Gasteiger partial charge in [-0.1, -0.05) is 29.3 Å². The number of rotatable bonds is 4. The fourth-order valence-electron chi connectivity index (χ4n) is 1.98. The van der Waals surface area contributed by atoms with Gasteiger partial charge in [0.05, 0.1) is 15.0 Å². The Bertz CT molecular complexity index is 911. The number of amides is 3. The summed E-state index contributed by atoms with van der Waals surface area (Å²) in [5.41, 5.74) is 0.968. The van der Waals surface area contributed by atoms with Gasteiger partial charge >= 0.3 is 0 Å². The lowest BCUT2D eigenvalue weighted by molar-refractivity contribution is -0.116. The molecule has 0 spiro atoms. The molecule has 1 aliphatic rings. The van der Waals surface area contributed by atoms with E-state index in [2.05, 4.69) is 15.6 Å². The number of carbonyl (C=O) groups is 3. The van der Waals surface area contributed by atoms with Crippen molar-refractivity contribution >= 4 is 68.5 Å². The highest BCUT2D eigenvalue weighted by molar-refractivity contribution is 8.18. The lowest BCUT2D eigenvalue weighted by Crippen LogP contribution is -2.18. The van der Waals surface area contributed by atoms with Crippen LogP contribution in [-0.2, 0) is 16.0 Å². The summed E-state index contributed by atoms with van der Waals surface area (Å²) in [5, 5.41) is 5.51. The number of thioether (sulfide) groups is 1. The van der Waals surface area contributed by atoms with Crippen LogP contribution in [-0.4, -0.2) is 22.0 Å². The number of anilines is 1. The Hall–Kier alpha value is -1.87. The maximum absolute atomic E-state index is 11.9.